The van der Waals surface area contributed by atoms with Crippen molar-refractivity contribution in [2.75, 3.05) is 11.4 Å². The van der Waals surface area contributed by atoms with E-state index in [4.69, 9.17) is 5.11 Å². The first-order valence-electron chi connectivity index (χ1n) is 5.26. The Morgan fingerprint density at radius 1 is 1.31 bits per heavy atom. The molecular weight excluding hydrogens is 206 g/mol. The van der Waals surface area contributed by atoms with Crippen LogP contribution in [0.25, 0.3) is 0 Å². The SMILES string of the molecule is O=C(O)[C@@H]1CCN(c2ccccc2)C(=O)C1. The van der Waals surface area contributed by atoms with Crippen LogP contribution >= 0.6 is 0 Å². The summed E-state index contributed by atoms with van der Waals surface area (Å²) in [7, 11) is 0. The Hall–Kier alpha value is -1.84. The lowest BCUT2D eigenvalue weighted by atomic mass is 9.96. The molecule has 1 amide bonds. The molecule has 1 aromatic rings. The number of piperidine rings is 1. The number of rotatable bonds is 2. The summed E-state index contributed by atoms with van der Waals surface area (Å²) in [5.74, 6) is -1.50. The number of carbonyl (C=O) groups excluding carboxylic acids is 1. The van der Waals surface area contributed by atoms with Crippen molar-refractivity contribution < 1.29 is 14.7 Å². The molecule has 1 aromatic carbocycles. The normalized spacial score (nSPS) is 20.9. The van der Waals surface area contributed by atoms with Gasteiger partial charge in [-0.15, -0.1) is 0 Å². The summed E-state index contributed by atoms with van der Waals surface area (Å²) in [6.45, 7) is 0.486. The highest BCUT2D eigenvalue weighted by atomic mass is 16.4. The molecule has 84 valence electrons. The summed E-state index contributed by atoms with van der Waals surface area (Å²) < 4.78 is 0. The zero-order chi connectivity index (χ0) is 11.5. The number of carboxylic acids is 1. The molecule has 1 saturated heterocycles. The van der Waals surface area contributed by atoms with Gasteiger partial charge in [-0.3, -0.25) is 9.59 Å². The van der Waals surface area contributed by atoms with Crippen molar-refractivity contribution in [2.24, 2.45) is 5.92 Å². The molecule has 1 fully saturated rings. The fraction of sp³-hybridized carbons (Fsp3) is 0.333. The van der Waals surface area contributed by atoms with E-state index >= 15 is 0 Å². The Bertz CT molecular complexity index is 402. The summed E-state index contributed by atoms with van der Waals surface area (Å²) in [6.07, 6.45) is 0.625. The highest BCUT2D eigenvalue weighted by Crippen LogP contribution is 2.24. The highest BCUT2D eigenvalue weighted by molar-refractivity contribution is 5.96. The molecule has 1 aliphatic heterocycles. The van der Waals surface area contributed by atoms with Gasteiger partial charge in [0.2, 0.25) is 5.91 Å². The zero-order valence-electron chi connectivity index (χ0n) is 8.80. The molecule has 16 heavy (non-hydrogen) atoms. The van der Waals surface area contributed by atoms with Crippen LogP contribution in [0.2, 0.25) is 0 Å². The number of carbonyl (C=O) groups is 2. The topological polar surface area (TPSA) is 57.6 Å². The number of hydrogen-bond acceptors (Lipinski definition) is 2. The summed E-state index contributed by atoms with van der Waals surface area (Å²) in [5, 5.41) is 8.84. The summed E-state index contributed by atoms with van der Waals surface area (Å²) in [5.41, 5.74) is 0.844. The molecule has 0 saturated carbocycles. The number of carboxylic acid groups (broad SMARTS) is 1. The van der Waals surface area contributed by atoms with Gasteiger partial charge in [-0.1, -0.05) is 18.2 Å². The van der Waals surface area contributed by atoms with E-state index in [1.807, 2.05) is 30.3 Å². The fourth-order valence-electron chi connectivity index (χ4n) is 1.92. The number of nitrogens with zero attached hydrogens (tertiary/aromatic N) is 1. The van der Waals surface area contributed by atoms with Crippen molar-refractivity contribution in [1.29, 1.82) is 0 Å². The van der Waals surface area contributed by atoms with Crippen LogP contribution in [0.5, 0.6) is 0 Å². The second-order valence-corrected chi connectivity index (χ2v) is 3.91. The lowest BCUT2D eigenvalue weighted by molar-refractivity contribution is -0.144. The number of benzene rings is 1. The van der Waals surface area contributed by atoms with Gasteiger partial charge in [-0.2, -0.15) is 0 Å². The standard InChI is InChI=1S/C12H13NO3/c14-11-8-9(12(15)16)6-7-13(11)10-4-2-1-3-5-10/h1-5,9H,6-8H2,(H,15,16)/t9-/m1/s1. The minimum absolute atomic E-state index is 0.101. The Labute approximate surface area is 93.5 Å². The van der Waals surface area contributed by atoms with Gasteiger partial charge in [0.1, 0.15) is 0 Å². The molecule has 1 heterocycles. The molecular formula is C12H13NO3. The minimum Gasteiger partial charge on any atom is -0.481 e. The van der Waals surface area contributed by atoms with Crippen molar-refractivity contribution >= 4 is 17.6 Å². The van der Waals surface area contributed by atoms with Crippen molar-refractivity contribution in [3.63, 3.8) is 0 Å². The van der Waals surface area contributed by atoms with E-state index in [1.165, 1.54) is 0 Å². The quantitative estimate of drug-likeness (QED) is 0.820. The first-order chi connectivity index (χ1) is 7.68. The second-order valence-electron chi connectivity index (χ2n) is 3.91. The van der Waals surface area contributed by atoms with Gasteiger partial charge in [0.15, 0.2) is 0 Å². The van der Waals surface area contributed by atoms with Crippen LogP contribution in [-0.2, 0) is 9.59 Å². The predicted molar refractivity (Wildman–Crippen MR) is 59.2 cm³/mol. The second kappa shape index (κ2) is 4.35. The molecule has 0 aliphatic carbocycles. The van der Waals surface area contributed by atoms with Gasteiger partial charge in [-0.25, -0.2) is 0 Å². The molecule has 2 rings (SSSR count). The van der Waals surface area contributed by atoms with Crippen LogP contribution in [0.4, 0.5) is 5.69 Å². The van der Waals surface area contributed by atoms with E-state index in [9.17, 15) is 9.59 Å². The van der Waals surface area contributed by atoms with E-state index in [-0.39, 0.29) is 12.3 Å². The maximum atomic E-state index is 11.8. The monoisotopic (exact) mass is 219 g/mol. The zero-order valence-corrected chi connectivity index (χ0v) is 8.80. The van der Waals surface area contributed by atoms with Gasteiger partial charge < -0.3 is 10.0 Å². The number of aliphatic carboxylic acids is 1. The minimum atomic E-state index is -0.874. The van der Waals surface area contributed by atoms with E-state index in [0.717, 1.165) is 5.69 Å². The van der Waals surface area contributed by atoms with Gasteiger partial charge in [-0.05, 0) is 18.6 Å². The van der Waals surface area contributed by atoms with Crippen LogP contribution < -0.4 is 4.90 Å². The Morgan fingerprint density at radius 2 is 2.00 bits per heavy atom. The highest BCUT2D eigenvalue weighted by Gasteiger charge is 2.30. The van der Waals surface area contributed by atoms with Crippen LogP contribution in [0.3, 0.4) is 0 Å². The first kappa shape index (κ1) is 10.7. The van der Waals surface area contributed by atoms with Crippen molar-refractivity contribution in [2.45, 2.75) is 12.8 Å². The lowest BCUT2D eigenvalue weighted by Gasteiger charge is -2.29. The third-order valence-electron chi connectivity index (χ3n) is 2.84. The van der Waals surface area contributed by atoms with Crippen LogP contribution in [0.15, 0.2) is 30.3 Å². The van der Waals surface area contributed by atoms with E-state index in [1.54, 1.807) is 4.90 Å². The van der Waals surface area contributed by atoms with E-state index in [2.05, 4.69) is 0 Å². The number of hydrogen-bond donors (Lipinski definition) is 1. The number of anilines is 1. The number of para-hydroxylation sites is 1. The first-order valence-corrected chi connectivity index (χ1v) is 5.26. The largest absolute Gasteiger partial charge is 0.481 e. The van der Waals surface area contributed by atoms with Gasteiger partial charge in [0, 0.05) is 18.7 Å². The molecule has 1 aliphatic rings. The predicted octanol–water partition coefficient (Wildman–Crippen LogP) is 1.51. The summed E-state index contributed by atoms with van der Waals surface area (Å²) in [6, 6.07) is 9.34. The Kier molecular flexibility index (Phi) is 2.90. The average molecular weight is 219 g/mol. The van der Waals surface area contributed by atoms with Crippen molar-refractivity contribution in [3.8, 4) is 0 Å². The summed E-state index contributed by atoms with van der Waals surface area (Å²) >= 11 is 0. The molecule has 0 aromatic heterocycles. The molecule has 4 nitrogen and oxygen atoms in total. The van der Waals surface area contributed by atoms with Gasteiger partial charge in [0.25, 0.3) is 0 Å². The van der Waals surface area contributed by atoms with Crippen LogP contribution in [0, 0.1) is 5.92 Å². The number of amides is 1. The molecule has 0 bridgehead atoms. The van der Waals surface area contributed by atoms with Gasteiger partial charge in [0.05, 0.1) is 5.92 Å². The van der Waals surface area contributed by atoms with Crippen LogP contribution in [0.1, 0.15) is 12.8 Å². The van der Waals surface area contributed by atoms with E-state index in [0.29, 0.717) is 13.0 Å². The Balaban J connectivity index is 2.11. The fourth-order valence-corrected chi connectivity index (χ4v) is 1.92. The van der Waals surface area contributed by atoms with Gasteiger partial charge >= 0.3 is 5.97 Å². The molecule has 0 spiro atoms. The maximum Gasteiger partial charge on any atom is 0.307 e. The van der Waals surface area contributed by atoms with Crippen molar-refractivity contribution in [3.05, 3.63) is 30.3 Å². The molecule has 1 N–H and O–H groups in total. The molecule has 1 atom stereocenters. The third kappa shape index (κ3) is 2.05. The Morgan fingerprint density at radius 3 is 2.56 bits per heavy atom. The summed E-state index contributed by atoms with van der Waals surface area (Å²) in [4.78, 5) is 24.2. The van der Waals surface area contributed by atoms with E-state index < -0.39 is 11.9 Å². The smallest absolute Gasteiger partial charge is 0.307 e. The average Bonchev–Trinajstić information content (AvgIpc) is 2.30. The molecule has 0 radical (unpaired) electrons. The van der Waals surface area contributed by atoms with Crippen LogP contribution in [-0.4, -0.2) is 23.5 Å². The lowest BCUT2D eigenvalue weighted by Crippen LogP contribution is -2.40. The molecule has 4 heteroatoms. The molecule has 0 unspecified atom stereocenters. The third-order valence-corrected chi connectivity index (χ3v) is 2.84. The van der Waals surface area contributed by atoms with Crippen molar-refractivity contribution in [1.82, 2.24) is 0 Å². The maximum absolute atomic E-state index is 11.8.